The lowest BCUT2D eigenvalue weighted by molar-refractivity contribution is 0.0937. The molecule has 0 heterocycles. The molecule has 2 N–H and O–H groups in total. The number of ether oxygens (including phenoxy) is 1. The van der Waals surface area contributed by atoms with Crippen molar-refractivity contribution in [2.75, 3.05) is 31.6 Å². The third kappa shape index (κ3) is 6.17. The van der Waals surface area contributed by atoms with Gasteiger partial charge in [0, 0.05) is 37.6 Å². The molecule has 0 spiro atoms. The van der Waals surface area contributed by atoms with Crippen LogP contribution in [0.15, 0.2) is 24.3 Å². The summed E-state index contributed by atoms with van der Waals surface area (Å²) >= 11 is 0. The molecular weight excluding hydrogens is 264 g/mol. The number of carbonyl (C=O) groups excluding carboxylic acids is 1. The van der Waals surface area contributed by atoms with Crippen LogP contribution in [0, 0.1) is 5.92 Å². The van der Waals surface area contributed by atoms with E-state index in [1.54, 1.807) is 0 Å². The molecule has 4 nitrogen and oxygen atoms in total. The van der Waals surface area contributed by atoms with Crippen LogP contribution in [-0.4, -0.2) is 32.2 Å². The lowest BCUT2D eigenvalue weighted by atomic mass is 10.2. The van der Waals surface area contributed by atoms with E-state index in [1.165, 1.54) is 12.8 Å². The average Bonchev–Trinajstić information content (AvgIpc) is 3.33. The topological polar surface area (TPSA) is 50.4 Å². The highest BCUT2D eigenvalue weighted by Crippen LogP contribution is 2.28. The standard InChI is InChI=1S/C17H26N2O2/c1-2-10-18-16-8-6-15(7-9-16)17(20)19-11-3-12-21-13-14-4-5-14/h6-9,14,18H,2-5,10-13H2,1H3,(H,19,20). The largest absolute Gasteiger partial charge is 0.385 e. The van der Waals surface area contributed by atoms with Crippen LogP contribution in [0.2, 0.25) is 0 Å². The fraction of sp³-hybridized carbons (Fsp3) is 0.588. The summed E-state index contributed by atoms with van der Waals surface area (Å²) in [6, 6.07) is 7.61. The molecule has 1 aromatic carbocycles. The van der Waals surface area contributed by atoms with Gasteiger partial charge in [-0.25, -0.2) is 0 Å². The zero-order valence-electron chi connectivity index (χ0n) is 12.9. The van der Waals surface area contributed by atoms with Gasteiger partial charge in [0.25, 0.3) is 5.91 Å². The van der Waals surface area contributed by atoms with Crippen LogP contribution in [0.25, 0.3) is 0 Å². The Labute approximate surface area is 127 Å². The summed E-state index contributed by atoms with van der Waals surface area (Å²) in [6.45, 7) is 5.37. The zero-order valence-corrected chi connectivity index (χ0v) is 12.9. The molecule has 1 fully saturated rings. The van der Waals surface area contributed by atoms with Gasteiger partial charge in [-0.1, -0.05) is 6.92 Å². The molecule has 21 heavy (non-hydrogen) atoms. The fourth-order valence-electron chi connectivity index (χ4n) is 2.02. The monoisotopic (exact) mass is 290 g/mol. The Morgan fingerprint density at radius 3 is 2.67 bits per heavy atom. The Bertz CT molecular complexity index is 427. The van der Waals surface area contributed by atoms with Gasteiger partial charge in [-0.2, -0.15) is 0 Å². The van der Waals surface area contributed by atoms with Gasteiger partial charge >= 0.3 is 0 Å². The van der Waals surface area contributed by atoms with Crippen molar-refractivity contribution >= 4 is 11.6 Å². The van der Waals surface area contributed by atoms with Crippen LogP contribution in [0.3, 0.4) is 0 Å². The second-order valence-corrected chi connectivity index (χ2v) is 5.63. The number of benzene rings is 1. The molecule has 1 aliphatic carbocycles. The van der Waals surface area contributed by atoms with E-state index in [0.29, 0.717) is 12.1 Å². The van der Waals surface area contributed by atoms with Gasteiger partial charge < -0.3 is 15.4 Å². The van der Waals surface area contributed by atoms with Crippen LogP contribution in [0.1, 0.15) is 43.0 Å². The minimum Gasteiger partial charge on any atom is -0.385 e. The molecule has 1 aromatic rings. The maximum absolute atomic E-state index is 11.9. The van der Waals surface area contributed by atoms with E-state index in [2.05, 4.69) is 17.6 Å². The van der Waals surface area contributed by atoms with E-state index in [1.807, 2.05) is 24.3 Å². The van der Waals surface area contributed by atoms with E-state index < -0.39 is 0 Å². The summed E-state index contributed by atoms with van der Waals surface area (Å²) in [5, 5.41) is 6.22. The molecule has 0 bridgehead atoms. The number of nitrogens with one attached hydrogen (secondary N) is 2. The SMILES string of the molecule is CCCNc1ccc(C(=O)NCCCOCC2CC2)cc1. The van der Waals surface area contributed by atoms with Crippen LogP contribution in [0.5, 0.6) is 0 Å². The number of hydrogen-bond acceptors (Lipinski definition) is 3. The second-order valence-electron chi connectivity index (χ2n) is 5.63. The smallest absolute Gasteiger partial charge is 0.251 e. The van der Waals surface area contributed by atoms with Crippen molar-refractivity contribution < 1.29 is 9.53 Å². The minimum absolute atomic E-state index is 0.0146. The lowest BCUT2D eigenvalue weighted by Gasteiger charge is -2.08. The molecule has 2 rings (SSSR count). The van der Waals surface area contributed by atoms with Crippen LogP contribution < -0.4 is 10.6 Å². The normalized spacial score (nSPS) is 14.0. The molecule has 0 radical (unpaired) electrons. The first-order valence-electron chi connectivity index (χ1n) is 7.99. The van der Waals surface area contributed by atoms with Crippen molar-refractivity contribution in [1.29, 1.82) is 0 Å². The van der Waals surface area contributed by atoms with Gasteiger partial charge in [0.2, 0.25) is 0 Å². The highest BCUT2D eigenvalue weighted by molar-refractivity contribution is 5.94. The molecule has 0 saturated heterocycles. The highest BCUT2D eigenvalue weighted by atomic mass is 16.5. The van der Waals surface area contributed by atoms with Crippen molar-refractivity contribution in [3.05, 3.63) is 29.8 Å². The molecular formula is C17H26N2O2. The number of anilines is 1. The van der Waals surface area contributed by atoms with Crippen LogP contribution in [0.4, 0.5) is 5.69 Å². The first-order valence-corrected chi connectivity index (χ1v) is 7.99. The first-order chi connectivity index (χ1) is 10.3. The first kappa shape index (κ1) is 15.8. The van der Waals surface area contributed by atoms with Crippen molar-refractivity contribution in [3.8, 4) is 0 Å². The summed E-state index contributed by atoms with van der Waals surface area (Å²) in [7, 11) is 0. The van der Waals surface area contributed by atoms with Crippen LogP contribution >= 0.6 is 0 Å². The average molecular weight is 290 g/mol. The van der Waals surface area contributed by atoms with E-state index >= 15 is 0 Å². The Kier molecular flexibility index (Phi) is 6.54. The fourth-order valence-corrected chi connectivity index (χ4v) is 2.02. The van der Waals surface area contributed by atoms with E-state index in [9.17, 15) is 4.79 Å². The third-order valence-electron chi connectivity index (χ3n) is 3.53. The summed E-state index contributed by atoms with van der Waals surface area (Å²) in [4.78, 5) is 11.9. The molecule has 0 aromatic heterocycles. The van der Waals surface area contributed by atoms with Gasteiger partial charge in [0.05, 0.1) is 0 Å². The van der Waals surface area contributed by atoms with Gasteiger partial charge in [0.1, 0.15) is 0 Å². The Morgan fingerprint density at radius 1 is 1.24 bits per heavy atom. The lowest BCUT2D eigenvalue weighted by Crippen LogP contribution is -2.25. The highest BCUT2D eigenvalue weighted by Gasteiger charge is 2.20. The Hall–Kier alpha value is -1.55. The Balaban J connectivity index is 1.60. The van der Waals surface area contributed by atoms with E-state index in [4.69, 9.17) is 4.74 Å². The predicted octanol–water partition coefficient (Wildman–Crippen LogP) is 3.06. The quantitative estimate of drug-likeness (QED) is 0.651. The molecule has 0 aliphatic heterocycles. The van der Waals surface area contributed by atoms with E-state index in [-0.39, 0.29) is 5.91 Å². The third-order valence-corrected chi connectivity index (χ3v) is 3.53. The Morgan fingerprint density at radius 2 is 2.00 bits per heavy atom. The molecule has 1 aliphatic rings. The molecule has 116 valence electrons. The number of carbonyl (C=O) groups is 1. The summed E-state index contributed by atoms with van der Waals surface area (Å²) in [6.07, 6.45) is 4.60. The summed E-state index contributed by atoms with van der Waals surface area (Å²) in [5.41, 5.74) is 1.76. The number of rotatable bonds is 10. The second kappa shape index (κ2) is 8.67. The predicted molar refractivity (Wildman–Crippen MR) is 85.7 cm³/mol. The summed E-state index contributed by atoms with van der Waals surface area (Å²) < 4.78 is 5.54. The zero-order chi connectivity index (χ0) is 14.9. The van der Waals surface area contributed by atoms with Crippen molar-refractivity contribution in [3.63, 3.8) is 0 Å². The van der Waals surface area contributed by atoms with Crippen molar-refractivity contribution in [2.45, 2.75) is 32.6 Å². The molecule has 0 unspecified atom stereocenters. The van der Waals surface area contributed by atoms with Crippen molar-refractivity contribution in [2.24, 2.45) is 5.92 Å². The molecule has 1 amide bonds. The molecule has 0 atom stereocenters. The van der Waals surface area contributed by atoms with Crippen LogP contribution in [-0.2, 0) is 4.74 Å². The van der Waals surface area contributed by atoms with Gasteiger partial charge in [-0.05, 0) is 55.9 Å². The number of hydrogen-bond donors (Lipinski definition) is 2. The minimum atomic E-state index is -0.0146. The molecule has 4 heteroatoms. The van der Waals surface area contributed by atoms with Gasteiger partial charge in [-0.15, -0.1) is 0 Å². The maximum atomic E-state index is 11.9. The van der Waals surface area contributed by atoms with Gasteiger partial charge in [-0.3, -0.25) is 4.79 Å². The van der Waals surface area contributed by atoms with Gasteiger partial charge in [0.15, 0.2) is 0 Å². The van der Waals surface area contributed by atoms with Crippen molar-refractivity contribution in [1.82, 2.24) is 5.32 Å². The number of amides is 1. The van der Waals surface area contributed by atoms with E-state index in [0.717, 1.165) is 44.2 Å². The maximum Gasteiger partial charge on any atom is 0.251 e. The summed E-state index contributed by atoms with van der Waals surface area (Å²) in [5.74, 6) is 0.790. The molecule has 1 saturated carbocycles.